The Kier molecular flexibility index (Phi) is 8.48. The quantitative estimate of drug-likeness (QED) is 0.190. The molecule has 0 aromatic heterocycles. The first-order valence-corrected chi connectivity index (χ1v) is 6.65. The van der Waals surface area contributed by atoms with Gasteiger partial charge < -0.3 is 25.2 Å². The fourth-order valence-corrected chi connectivity index (χ4v) is 2.14. The highest BCUT2D eigenvalue weighted by molar-refractivity contribution is 5.85. The molecule has 1 unspecified atom stereocenters. The number of methoxy groups -OCH3 is 1. The molecule has 0 radical (unpaired) electrons. The van der Waals surface area contributed by atoms with Gasteiger partial charge in [0.2, 0.25) is 0 Å². The largest absolute Gasteiger partial charge is 0.409 e. The van der Waals surface area contributed by atoms with Gasteiger partial charge in [0.25, 0.3) is 0 Å². The van der Waals surface area contributed by atoms with E-state index in [1.54, 1.807) is 7.11 Å². The van der Waals surface area contributed by atoms with Gasteiger partial charge in [-0.2, -0.15) is 0 Å². The molecule has 0 saturated carbocycles. The highest BCUT2D eigenvalue weighted by atomic mass is 16.5. The van der Waals surface area contributed by atoms with Crippen molar-refractivity contribution in [3.8, 4) is 0 Å². The summed E-state index contributed by atoms with van der Waals surface area (Å²) in [5, 5.41) is 11.8. The summed E-state index contributed by atoms with van der Waals surface area (Å²) >= 11 is 0. The molecule has 1 fully saturated rings. The molecule has 0 amide bonds. The zero-order valence-electron chi connectivity index (χ0n) is 11.6. The van der Waals surface area contributed by atoms with Crippen LogP contribution in [0, 0.1) is 0 Å². The molecule has 7 heteroatoms. The Balaban J connectivity index is 2.02. The molecule has 1 rings (SSSR count). The number of nitrogens with two attached hydrogens (primary N) is 1. The lowest BCUT2D eigenvalue weighted by Gasteiger charge is -2.22. The minimum atomic E-state index is 0.0477. The fraction of sp³-hybridized carbons (Fsp3) is 0.917. The summed E-state index contributed by atoms with van der Waals surface area (Å²) < 4.78 is 15.6. The number of amidine groups is 1. The summed E-state index contributed by atoms with van der Waals surface area (Å²) in [6.07, 6.45) is 2.01. The van der Waals surface area contributed by atoms with E-state index in [2.05, 4.69) is 10.1 Å². The number of hydrogen-bond donors (Lipinski definition) is 2. The zero-order valence-corrected chi connectivity index (χ0v) is 11.6. The van der Waals surface area contributed by atoms with Crippen LogP contribution in [0.25, 0.3) is 0 Å². The van der Waals surface area contributed by atoms with E-state index in [1.807, 2.05) is 0 Å². The van der Waals surface area contributed by atoms with Gasteiger partial charge in [0, 0.05) is 13.7 Å². The molecule has 112 valence electrons. The Morgan fingerprint density at radius 3 is 2.63 bits per heavy atom. The van der Waals surface area contributed by atoms with Gasteiger partial charge in [-0.3, -0.25) is 4.90 Å². The number of hydrogen-bond acceptors (Lipinski definition) is 6. The molecule has 0 aromatic carbocycles. The molecule has 1 atom stereocenters. The van der Waals surface area contributed by atoms with E-state index in [1.165, 1.54) is 0 Å². The maximum atomic E-state index is 8.70. The normalized spacial score (nSPS) is 21.1. The maximum absolute atomic E-state index is 8.70. The molecule has 1 aliphatic heterocycles. The molecule has 0 aliphatic carbocycles. The predicted octanol–water partition coefficient (Wildman–Crippen LogP) is -0.123. The number of likely N-dealkylation sites (tertiary alicyclic amines) is 1. The van der Waals surface area contributed by atoms with Crippen molar-refractivity contribution in [3.63, 3.8) is 0 Å². The van der Waals surface area contributed by atoms with Gasteiger partial charge in [-0.25, -0.2) is 0 Å². The van der Waals surface area contributed by atoms with Crippen LogP contribution in [0.3, 0.4) is 0 Å². The lowest BCUT2D eigenvalue weighted by atomic mass is 10.2. The van der Waals surface area contributed by atoms with Crippen molar-refractivity contribution in [1.29, 1.82) is 0 Å². The minimum absolute atomic E-state index is 0.0477. The number of nitrogens with zero attached hydrogens (tertiary/aromatic N) is 2. The molecule has 1 saturated heterocycles. The van der Waals surface area contributed by atoms with Crippen molar-refractivity contribution >= 4 is 5.84 Å². The van der Waals surface area contributed by atoms with Crippen LogP contribution in [0.4, 0.5) is 0 Å². The monoisotopic (exact) mass is 275 g/mol. The van der Waals surface area contributed by atoms with Crippen molar-refractivity contribution in [1.82, 2.24) is 4.90 Å². The summed E-state index contributed by atoms with van der Waals surface area (Å²) in [5.41, 5.74) is 5.65. The zero-order chi connectivity index (χ0) is 13.9. The molecule has 19 heavy (non-hydrogen) atoms. The summed E-state index contributed by atoms with van der Waals surface area (Å²) in [4.78, 5) is 2.18. The van der Waals surface area contributed by atoms with Crippen molar-refractivity contribution in [3.05, 3.63) is 0 Å². The van der Waals surface area contributed by atoms with Crippen LogP contribution >= 0.6 is 0 Å². The van der Waals surface area contributed by atoms with Crippen LogP contribution in [0.5, 0.6) is 0 Å². The molecule has 0 bridgehead atoms. The molecule has 7 nitrogen and oxygen atoms in total. The second kappa shape index (κ2) is 9.96. The molecule has 3 N–H and O–H groups in total. The van der Waals surface area contributed by atoms with E-state index in [4.69, 9.17) is 25.2 Å². The smallest absolute Gasteiger partial charge is 0.156 e. The first-order chi connectivity index (χ1) is 9.29. The summed E-state index contributed by atoms with van der Waals surface area (Å²) in [5.74, 6) is 0.292. The topological polar surface area (TPSA) is 89.5 Å². The summed E-state index contributed by atoms with van der Waals surface area (Å²) in [6, 6.07) is 0.0477. The molecule has 0 aromatic rings. The lowest BCUT2D eigenvalue weighted by Crippen LogP contribution is -2.42. The van der Waals surface area contributed by atoms with Crippen LogP contribution in [0.2, 0.25) is 0 Å². The second-order valence-corrected chi connectivity index (χ2v) is 4.44. The minimum Gasteiger partial charge on any atom is -0.409 e. The van der Waals surface area contributed by atoms with E-state index >= 15 is 0 Å². The first kappa shape index (κ1) is 16.2. The highest BCUT2D eigenvalue weighted by Gasteiger charge is 2.27. The number of ether oxygens (including phenoxy) is 3. The average molecular weight is 275 g/mol. The van der Waals surface area contributed by atoms with Gasteiger partial charge in [-0.15, -0.1) is 0 Å². The second-order valence-electron chi connectivity index (χ2n) is 4.44. The Bertz CT molecular complexity index is 263. The van der Waals surface area contributed by atoms with Crippen LogP contribution < -0.4 is 5.73 Å². The number of oxime groups is 1. The first-order valence-electron chi connectivity index (χ1n) is 6.65. The van der Waals surface area contributed by atoms with Crippen LogP contribution in [0.15, 0.2) is 5.16 Å². The van der Waals surface area contributed by atoms with Crippen molar-refractivity contribution in [2.24, 2.45) is 10.9 Å². The summed E-state index contributed by atoms with van der Waals surface area (Å²) in [7, 11) is 1.65. The molecule has 0 spiro atoms. The summed E-state index contributed by atoms with van der Waals surface area (Å²) in [6.45, 7) is 4.74. The van der Waals surface area contributed by atoms with E-state index in [-0.39, 0.29) is 6.04 Å². The Morgan fingerprint density at radius 2 is 1.95 bits per heavy atom. The van der Waals surface area contributed by atoms with Crippen LogP contribution in [-0.4, -0.2) is 75.2 Å². The third-order valence-electron chi connectivity index (χ3n) is 3.15. The fourth-order valence-electron chi connectivity index (χ4n) is 2.14. The number of rotatable bonds is 10. The molecular weight excluding hydrogens is 250 g/mol. The highest BCUT2D eigenvalue weighted by Crippen LogP contribution is 2.16. The maximum Gasteiger partial charge on any atom is 0.156 e. The van der Waals surface area contributed by atoms with Gasteiger partial charge in [0.05, 0.1) is 39.1 Å². The Labute approximate surface area is 114 Å². The van der Waals surface area contributed by atoms with Gasteiger partial charge in [-0.05, 0) is 19.4 Å². The van der Waals surface area contributed by atoms with E-state index < -0.39 is 0 Å². The van der Waals surface area contributed by atoms with Crippen LogP contribution in [-0.2, 0) is 14.2 Å². The Hall–Kier alpha value is -0.890. The van der Waals surface area contributed by atoms with Crippen molar-refractivity contribution in [2.75, 3.05) is 53.2 Å². The molecular formula is C12H25N3O4. The van der Waals surface area contributed by atoms with Crippen LogP contribution in [0.1, 0.15) is 12.8 Å². The predicted molar refractivity (Wildman–Crippen MR) is 71.5 cm³/mol. The Morgan fingerprint density at radius 1 is 1.26 bits per heavy atom. The average Bonchev–Trinajstić information content (AvgIpc) is 2.89. The van der Waals surface area contributed by atoms with Gasteiger partial charge in [0.1, 0.15) is 0 Å². The van der Waals surface area contributed by atoms with Crippen molar-refractivity contribution < 1.29 is 19.4 Å². The third-order valence-corrected chi connectivity index (χ3v) is 3.15. The van der Waals surface area contributed by atoms with Crippen molar-refractivity contribution in [2.45, 2.75) is 18.9 Å². The van der Waals surface area contributed by atoms with Gasteiger partial charge >= 0.3 is 0 Å². The third kappa shape index (κ3) is 6.20. The molecule has 1 aliphatic rings. The molecule has 1 heterocycles. The van der Waals surface area contributed by atoms with E-state index in [9.17, 15) is 0 Å². The SMILES string of the molecule is COCCOCCOCCN1CCCC1C(N)=NO. The van der Waals surface area contributed by atoms with E-state index in [0.29, 0.717) is 38.9 Å². The van der Waals surface area contributed by atoms with Gasteiger partial charge in [-0.1, -0.05) is 5.16 Å². The van der Waals surface area contributed by atoms with Gasteiger partial charge in [0.15, 0.2) is 5.84 Å². The van der Waals surface area contributed by atoms with E-state index in [0.717, 1.165) is 25.9 Å². The standard InChI is InChI=1S/C12H25N3O4/c1-17-7-8-19-10-9-18-6-5-15-4-2-3-11(15)12(13)14-16/h11,16H,2-10H2,1H3,(H2,13,14). The lowest BCUT2D eigenvalue weighted by molar-refractivity contribution is 0.0199.